The Bertz CT molecular complexity index is 642. The lowest BCUT2D eigenvalue weighted by molar-refractivity contribution is -0.133. The summed E-state index contributed by atoms with van der Waals surface area (Å²) in [5.74, 6) is 1.15. The van der Waals surface area contributed by atoms with Crippen molar-refractivity contribution in [2.24, 2.45) is 10.9 Å². The molecule has 5 nitrogen and oxygen atoms in total. The smallest absolute Gasteiger partial charge is 0.225 e. The van der Waals surface area contributed by atoms with Gasteiger partial charge in [0.1, 0.15) is 0 Å². The number of thioether (sulfide) groups is 1. The lowest BCUT2D eigenvalue weighted by atomic mass is 10.2. The molecule has 1 saturated carbocycles. The normalized spacial score (nSPS) is 21.8. The van der Waals surface area contributed by atoms with Crippen LogP contribution in [0.15, 0.2) is 40.2 Å². The van der Waals surface area contributed by atoms with Gasteiger partial charge >= 0.3 is 0 Å². The predicted octanol–water partition coefficient (Wildman–Crippen LogP) is 2.73. The molecule has 3 rings (SSSR count). The molecule has 6 heteroatoms. The Labute approximate surface area is 161 Å². The van der Waals surface area contributed by atoms with E-state index in [1.165, 1.54) is 17.7 Å². The second kappa shape index (κ2) is 8.33. The molecule has 1 atom stereocenters. The van der Waals surface area contributed by atoms with Crippen molar-refractivity contribution in [3.05, 3.63) is 30.3 Å². The van der Waals surface area contributed by atoms with Crippen LogP contribution in [0.5, 0.6) is 0 Å². The summed E-state index contributed by atoms with van der Waals surface area (Å²) in [6.07, 6.45) is 3.44. The Morgan fingerprint density at radius 2 is 2.08 bits per heavy atom. The van der Waals surface area contributed by atoms with Gasteiger partial charge in [0, 0.05) is 48.3 Å². The summed E-state index contributed by atoms with van der Waals surface area (Å²) in [6.45, 7) is 6.43. The van der Waals surface area contributed by atoms with Gasteiger partial charge < -0.3 is 15.5 Å². The number of carbonyl (C=O) groups is 1. The maximum Gasteiger partial charge on any atom is 0.225 e. The first-order valence-corrected chi connectivity index (χ1v) is 10.3. The van der Waals surface area contributed by atoms with Gasteiger partial charge in [0.05, 0.1) is 0 Å². The molecule has 1 aromatic rings. The zero-order valence-electron chi connectivity index (χ0n) is 16.0. The highest BCUT2D eigenvalue weighted by Gasteiger charge is 2.43. The molecule has 1 unspecified atom stereocenters. The molecule has 142 valence electrons. The highest BCUT2D eigenvalue weighted by Crippen LogP contribution is 2.51. The molecule has 1 amide bonds. The lowest BCUT2D eigenvalue weighted by Crippen LogP contribution is -2.47. The van der Waals surface area contributed by atoms with Gasteiger partial charge in [-0.25, -0.2) is 0 Å². The highest BCUT2D eigenvalue weighted by molar-refractivity contribution is 8.01. The molecule has 26 heavy (non-hydrogen) atoms. The summed E-state index contributed by atoms with van der Waals surface area (Å²) < 4.78 is 0.286. The minimum atomic E-state index is 0.0657. The van der Waals surface area contributed by atoms with Gasteiger partial charge in [0.25, 0.3) is 0 Å². The van der Waals surface area contributed by atoms with Crippen LogP contribution in [0, 0.1) is 5.92 Å². The molecule has 0 aromatic heterocycles. The Kier molecular flexibility index (Phi) is 6.12. The van der Waals surface area contributed by atoms with E-state index in [9.17, 15) is 4.79 Å². The first-order chi connectivity index (χ1) is 12.5. The first-order valence-electron chi connectivity index (χ1n) is 9.51. The largest absolute Gasteiger partial charge is 0.355 e. The standard InChI is InChI=1S/C20H30N4OS/c1-15(2)18(25)24-12-9-16(13-24)23-19(21-3)22-14-20(10-11-20)26-17-7-5-4-6-8-17/h4-8,15-16H,9-14H2,1-3H3,(H2,21,22,23). The molecule has 0 spiro atoms. The number of aliphatic imine (C=N–C) groups is 1. The minimum Gasteiger partial charge on any atom is -0.355 e. The van der Waals surface area contributed by atoms with E-state index in [0.717, 1.165) is 32.0 Å². The van der Waals surface area contributed by atoms with Crippen molar-refractivity contribution in [3.63, 3.8) is 0 Å². The SMILES string of the molecule is CN=C(NCC1(Sc2ccccc2)CC1)NC1CCN(C(=O)C(C)C)C1. The second-order valence-electron chi connectivity index (χ2n) is 7.59. The van der Waals surface area contributed by atoms with Crippen LogP contribution in [0.2, 0.25) is 0 Å². The number of guanidine groups is 1. The number of rotatable bonds is 6. The number of hydrogen-bond donors (Lipinski definition) is 2. The molecule has 0 radical (unpaired) electrons. The molecule has 1 aliphatic heterocycles. The summed E-state index contributed by atoms with van der Waals surface area (Å²) in [7, 11) is 1.81. The van der Waals surface area contributed by atoms with Crippen LogP contribution in [0.3, 0.4) is 0 Å². The predicted molar refractivity (Wildman–Crippen MR) is 109 cm³/mol. The molecule has 2 N–H and O–H groups in total. The highest BCUT2D eigenvalue weighted by atomic mass is 32.2. The van der Waals surface area contributed by atoms with Gasteiger partial charge in [-0.3, -0.25) is 9.79 Å². The average Bonchev–Trinajstić information content (AvgIpc) is 3.24. The van der Waals surface area contributed by atoms with Crippen LogP contribution >= 0.6 is 11.8 Å². The van der Waals surface area contributed by atoms with Crippen molar-refractivity contribution in [2.45, 2.75) is 48.8 Å². The summed E-state index contributed by atoms with van der Waals surface area (Å²) in [5, 5.41) is 6.99. The van der Waals surface area contributed by atoms with Gasteiger partial charge in [-0.05, 0) is 31.4 Å². The zero-order chi connectivity index (χ0) is 18.6. The number of nitrogens with one attached hydrogen (secondary N) is 2. The average molecular weight is 375 g/mol. The van der Waals surface area contributed by atoms with Crippen LogP contribution in [-0.2, 0) is 4.79 Å². The van der Waals surface area contributed by atoms with Gasteiger partial charge in [-0.15, -0.1) is 11.8 Å². The molecular formula is C20H30N4OS. The topological polar surface area (TPSA) is 56.7 Å². The molecule has 1 aliphatic carbocycles. The quantitative estimate of drug-likeness (QED) is 0.594. The third kappa shape index (κ3) is 4.93. The number of likely N-dealkylation sites (tertiary alicyclic amines) is 1. The van der Waals surface area contributed by atoms with E-state index in [1.807, 2.05) is 37.6 Å². The first kappa shape index (κ1) is 19.1. The van der Waals surface area contributed by atoms with Crippen molar-refractivity contribution in [1.29, 1.82) is 0 Å². The third-order valence-corrected chi connectivity index (χ3v) is 6.51. The van der Waals surface area contributed by atoms with Crippen molar-refractivity contribution in [3.8, 4) is 0 Å². The molecule has 1 heterocycles. The summed E-state index contributed by atoms with van der Waals surface area (Å²) in [6, 6.07) is 10.9. The molecule has 1 aromatic carbocycles. The number of benzene rings is 1. The van der Waals surface area contributed by atoms with Crippen LogP contribution in [0.1, 0.15) is 33.1 Å². The molecule has 1 saturated heterocycles. The lowest BCUT2D eigenvalue weighted by Gasteiger charge is -2.22. The second-order valence-corrected chi connectivity index (χ2v) is 9.13. The van der Waals surface area contributed by atoms with Crippen molar-refractivity contribution in [1.82, 2.24) is 15.5 Å². The van der Waals surface area contributed by atoms with Gasteiger partial charge in [-0.2, -0.15) is 0 Å². The summed E-state index contributed by atoms with van der Waals surface area (Å²) >= 11 is 1.96. The van der Waals surface area contributed by atoms with Crippen LogP contribution in [-0.4, -0.2) is 54.2 Å². The number of hydrogen-bond acceptors (Lipinski definition) is 3. The Hall–Kier alpha value is -1.69. The number of amides is 1. The van der Waals surface area contributed by atoms with Gasteiger partial charge in [0.2, 0.25) is 5.91 Å². The fourth-order valence-corrected chi connectivity index (χ4v) is 4.51. The van der Waals surface area contributed by atoms with E-state index < -0.39 is 0 Å². The van der Waals surface area contributed by atoms with Crippen LogP contribution in [0.4, 0.5) is 0 Å². The van der Waals surface area contributed by atoms with E-state index in [-0.39, 0.29) is 22.6 Å². The fourth-order valence-electron chi connectivity index (χ4n) is 3.27. The summed E-state index contributed by atoms with van der Waals surface area (Å²) in [4.78, 5) is 19.8. The molecule has 2 fully saturated rings. The Morgan fingerprint density at radius 3 is 2.69 bits per heavy atom. The number of carbonyl (C=O) groups excluding carboxylic acids is 1. The monoisotopic (exact) mass is 374 g/mol. The minimum absolute atomic E-state index is 0.0657. The van der Waals surface area contributed by atoms with E-state index in [2.05, 4.69) is 46.0 Å². The Morgan fingerprint density at radius 1 is 1.35 bits per heavy atom. The van der Waals surface area contributed by atoms with Crippen molar-refractivity contribution < 1.29 is 4.79 Å². The number of nitrogens with zero attached hydrogens (tertiary/aromatic N) is 2. The van der Waals surface area contributed by atoms with Gasteiger partial charge in [0.15, 0.2) is 5.96 Å². The van der Waals surface area contributed by atoms with Crippen LogP contribution in [0.25, 0.3) is 0 Å². The molecule has 0 bridgehead atoms. The maximum absolute atomic E-state index is 12.1. The third-order valence-electron chi connectivity index (χ3n) is 5.02. The van der Waals surface area contributed by atoms with Crippen LogP contribution < -0.4 is 10.6 Å². The zero-order valence-corrected chi connectivity index (χ0v) is 16.8. The van der Waals surface area contributed by atoms with E-state index in [1.54, 1.807) is 0 Å². The maximum atomic E-state index is 12.1. The van der Waals surface area contributed by atoms with E-state index in [4.69, 9.17) is 0 Å². The van der Waals surface area contributed by atoms with E-state index in [0.29, 0.717) is 0 Å². The molecule has 2 aliphatic rings. The molecular weight excluding hydrogens is 344 g/mol. The van der Waals surface area contributed by atoms with Gasteiger partial charge in [-0.1, -0.05) is 32.0 Å². The van der Waals surface area contributed by atoms with E-state index >= 15 is 0 Å². The van der Waals surface area contributed by atoms with Crippen molar-refractivity contribution >= 4 is 23.6 Å². The fraction of sp³-hybridized carbons (Fsp3) is 0.600. The summed E-state index contributed by atoms with van der Waals surface area (Å²) in [5.41, 5.74) is 0. The Balaban J connectivity index is 1.46. The van der Waals surface area contributed by atoms with Crippen molar-refractivity contribution in [2.75, 3.05) is 26.7 Å².